The molecule has 0 spiro atoms. The number of hydrogen-bond acceptors (Lipinski definition) is 8. The number of nitrogens with one attached hydrogen (secondary N) is 2. The monoisotopic (exact) mass is 565 g/mol. The Bertz CT molecular complexity index is 1080. The van der Waals surface area contributed by atoms with Gasteiger partial charge in [-0.1, -0.05) is 63.1 Å². The summed E-state index contributed by atoms with van der Waals surface area (Å²) in [4.78, 5) is 42.4. The molecule has 9 nitrogen and oxygen atoms in total. The summed E-state index contributed by atoms with van der Waals surface area (Å²) < 4.78 is 5.63. The van der Waals surface area contributed by atoms with Crippen molar-refractivity contribution < 1.29 is 18.8 Å². The lowest BCUT2D eigenvalue weighted by Crippen LogP contribution is -2.62. The highest BCUT2D eigenvalue weighted by molar-refractivity contribution is 7.99. The molecule has 1 aliphatic rings. The van der Waals surface area contributed by atoms with Gasteiger partial charge in [-0.15, -0.1) is 22.6 Å². The molecule has 2 N–H and O–H groups in total. The smallest absolute Gasteiger partial charge is 0.286 e. The number of Topliss-reactive ketones (excluding diaryl/α,β-unsaturated/α-hetero) is 1. The predicted molar refractivity (Wildman–Crippen MR) is 151 cm³/mol. The average Bonchev–Trinajstić information content (AvgIpc) is 3.32. The van der Waals surface area contributed by atoms with E-state index in [1.165, 1.54) is 11.8 Å². The molecule has 1 aliphatic carbocycles. The van der Waals surface area contributed by atoms with Crippen LogP contribution in [-0.2, 0) is 4.79 Å². The highest BCUT2D eigenvalue weighted by Gasteiger charge is 2.43. The fourth-order valence-corrected chi connectivity index (χ4v) is 5.38. The van der Waals surface area contributed by atoms with Gasteiger partial charge in [0.25, 0.3) is 17.0 Å². The topological polar surface area (TPSA) is 117 Å². The lowest BCUT2D eigenvalue weighted by Gasteiger charge is -2.37. The van der Waals surface area contributed by atoms with Crippen LogP contribution in [0.4, 0.5) is 0 Å². The van der Waals surface area contributed by atoms with E-state index in [0.29, 0.717) is 30.0 Å². The van der Waals surface area contributed by atoms with Crippen molar-refractivity contribution in [2.75, 3.05) is 26.4 Å². The van der Waals surface area contributed by atoms with E-state index in [1.54, 1.807) is 6.07 Å². The van der Waals surface area contributed by atoms with Crippen LogP contribution in [0.15, 0.2) is 33.9 Å². The van der Waals surface area contributed by atoms with E-state index >= 15 is 0 Å². The van der Waals surface area contributed by atoms with Gasteiger partial charge in [-0.25, -0.2) is 0 Å². The highest BCUT2D eigenvalue weighted by Crippen LogP contribution is 2.30. The van der Waals surface area contributed by atoms with Crippen LogP contribution < -0.4 is 10.6 Å². The summed E-state index contributed by atoms with van der Waals surface area (Å²) in [6, 6.07) is 6.48. The molecule has 1 heterocycles. The van der Waals surface area contributed by atoms with E-state index in [9.17, 15) is 14.4 Å². The van der Waals surface area contributed by atoms with Crippen LogP contribution in [0, 0.1) is 12.8 Å². The molecule has 0 saturated heterocycles. The van der Waals surface area contributed by atoms with Gasteiger partial charge in [0.15, 0.2) is 0 Å². The van der Waals surface area contributed by atoms with Crippen LogP contribution in [0.25, 0.3) is 0 Å². The van der Waals surface area contributed by atoms with E-state index in [4.69, 9.17) is 4.42 Å². The van der Waals surface area contributed by atoms with Crippen molar-refractivity contribution in [3.63, 3.8) is 0 Å². The Morgan fingerprint density at radius 1 is 1.11 bits per heavy atom. The second kappa shape index (κ2) is 14.6. The number of ketones is 1. The van der Waals surface area contributed by atoms with Crippen molar-refractivity contribution in [3.8, 4) is 0 Å². The molecule has 210 valence electrons. The van der Waals surface area contributed by atoms with E-state index in [0.717, 1.165) is 37.1 Å². The molecule has 1 atom stereocenters. The van der Waals surface area contributed by atoms with Crippen LogP contribution in [0.3, 0.4) is 0 Å². The van der Waals surface area contributed by atoms with Gasteiger partial charge in [0.05, 0.1) is 6.04 Å². The summed E-state index contributed by atoms with van der Waals surface area (Å²) in [5, 5.41) is 14.3. The molecule has 38 heavy (non-hydrogen) atoms. The minimum atomic E-state index is -1.07. The molecule has 0 aliphatic heterocycles. The molecule has 1 saturated carbocycles. The number of halogens is 1. The van der Waals surface area contributed by atoms with Crippen LogP contribution in [0.2, 0.25) is 0 Å². The Balaban J connectivity index is 0.00000507. The van der Waals surface area contributed by atoms with Gasteiger partial charge in [0.2, 0.25) is 11.7 Å². The summed E-state index contributed by atoms with van der Waals surface area (Å²) in [6.07, 6.45) is 4.10. The maximum atomic E-state index is 13.8. The van der Waals surface area contributed by atoms with Gasteiger partial charge in [-0.05, 0) is 57.8 Å². The lowest BCUT2D eigenvalue weighted by atomic mass is 9.80. The molecule has 3 rings (SSSR count). The number of carbonyl (C=O) groups excluding carboxylic acids is 3. The van der Waals surface area contributed by atoms with Crippen molar-refractivity contribution in [3.05, 3.63) is 41.3 Å². The SMILES string of the molecule is Cc1ccccc1C(=O)NC1(C(=O)NC(CC(C)C)C(=O)c2nnc(SCCN(C)C)o2)CCCCC1.Cl. The zero-order chi connectivity index (χ0) is 27.0. The molecular weight excluding hydrogens is 526 g/mol. The van der Waals surface area contributed by atoms with E-state index < -0.39 is 17.4 Å². The largest absolute Gasteiger partial charge is 0.408 e. The van der Waals surface area contributed by atoms with Crippen LogP contribution in [0.1, 0.15) is 79.0 Å². The number of rotatable bonds is 12. The number of nitrogens with zero attached hydrogens (tertiary/aromatic N) is 3. The Morgan fingerprint density at radius 3 is 2.42 bits per heavy atom. The number of thioether (sulfide) groups is 1. The zero-order valence-corrected chi connectivity index (χ0v) is 24.5. The molecule has 2 aromatic rings. The summed E-state index contributed by atoms with van der Waals surface area (Å²) in [5.74, 6) is -0.260. The minimum Gasteiger partial charge on any atom is -0.408 e. The fraction of sp³-hybridized carbons (Fsp3) is 0.593. The first kappa shape index (κ1) is 31.8. The quantitative estimate of drug-likeness (QED) is 0.289. The van der Waals surface area contributed by atoms with Gasteiger partial charge in [-0.2, -0.15) is 0 Å². The lowest BCUT2D eigenvalue weighted by molar-refractivity contribution is -0.129. The Morgan fingerprint density at radius 2 is 1.79 bits per heavy atom. The van der Waals surface area contributed by atoms with Gasteiger partial charge >= 0.3 is 0 Å². The number of benzene rings is 1. The van der Waals surface area contributed by atoms with Crippen LogP contribution >= 0.6 is 24.2 Å². The summed E-state index contributed by atoms with van der Waals surface area (Å²) in [6.45, 7) is 6.67. The third-order valence-corrected chi connectivity index (χ3v) is 7.39. The molecule has 1 fully saturated rings. The molecule has 1 aromatic carbocycles. The standard InChI is InChI=1S/C27H39N5O4S.ClH/c1-18(2)17-21(22(33)24-30-31-26(36-24)37-16-15-32(4)5)28-25(35)27(13-9-6-10-14-27)29-23(34)20-12-8-7-11-19(20)3;/h7-8,11-12,18,21H,6,9-10,13-17H2,1-5H3,(H,28,35)(H,29,34);1H. The number of carbonyl (C=O) groups is 3. The van der Waals surface area contributed by atoms with Gasteiger partial charge in [0.1, 0.15) is 5.54 Å². The van der Waals surface area contributed by atoms with E-state index in [-0.39, 0.29) is 36.0 Å². The zero-order valence-electron chi connectivity index (χ0n) is 22.9. The molecule has 1 unspecified atom stereocenters. The first-order valence-electron chi connectivity index (χ1n) is 13.0. The average molecular weight is 566 g/mol. The van der Waals surface area contributed by atoms with E-state index in [1.807, 2.05) is 58.0 Å². The molecule has 11 heteroatoms. The van der Waals surface area contributed by atoms with Crippen LogP contribution in [0.5, 0.6) is 0 Å². The predicted octanol–water partition coefficient (Wildman–Crippen LogP) is 4.30. The van der Waals surface area contributed by atoms with Crippen molar-refractivity contribution in [2.45, 2.75) is 76.1 Å². The first-order valence-corrected chi connectivity index (χ1v) is 13.9. The molecule has 0 bridgehead atoms. The first-order chi connectivity index (χ1) is 17.6. The molecule has 2 amide bonds. The second-order valence-electron chi connectivity index (χ2n) is 10.5. The molecule has 1 aromatic heterocycles. The number of aromatic nitrogens is 2. The highest BCUT2D eigenvalue weighted by atomic mass is 35.5. The summed E-state index contributed by atoms with van der Waals surface area (Å²) in [7, 11) is 3.95. The number of amides is 2. The normalized spacial score (nSPS) is 15.6. The minimum absolute atomic E-state index is 0. The summed E-state index contributed by atoms with van der Waals surface area (Å²) >= 11 is 1.39. The third-order valence-electron chi connectivity index (χ3n) is 6.59. The van der Waals surface area contributed by atoms with Crippen molar-refractivity contribution in [1.29, 1.82) is 0 Å². The Labute approximate surface area is 235 Å². The van der Waals surface area contributed by atoms with Gasteiger partial charge in [-0.3, -0.25) is 14.4 Å². The maximum Gasteiger partial charge on any atom is 0.286 e. The Hall–Kier alpha value is -2.43. The molecule has 0 radical (unpaired) electrons. The van der Waals surface area contributed by atoms with Crippen molar-refractivity contribution in [2.24, 2.45) is 5.92 Å². The van der Waals surface area contributed by atoms with Crippen molar-refractivity contribution >= 4 is 41.8 Å². The number of hydrogen-bond donors (Lipinski definition) is 2. The van der Waals surface area contributed by atoms with Crippen molar-refractivity contribution in [1.82, 2.24) is 25.7 Å². The number of aryl methyl sites for hydroxylation is 1. The summed E-state index contributed by atoms with van der Waals surface area (Å²) in [5.41, 5.74) is 0.310. The Kier molecular flexibility index (Phi) is 12.3. The molecular formula is C27H40ClN5O4S. The van der Waals surface area contributed by atoms with Gasteiger partial charge < -0.3 is 20.0 Å². The van der Waals surface area contributed by atoms with Crippen LogP contribution in [-0.4, -0.2) is 70.7 Å². The van der Waals surface area contributed by atoms with E-state index in [2.05, 4.69) is 20.8 Å². The second-order valence-corrected chi connectivity index (χ2v) is 11.5. The third kappa shape index (κ3) is 8.54. The maximum absolute atomic E-state index is 13.8. The fourth-order valence-electron chi connectivity index (χ4n) is 4.51. The van der Waals surface area contributed by atoms with Gasteiger partial charge in [0, 0.05) is 17.9 Å².